The molecule has 1 N–H and O–H groups in total. The molecule has 1 aliphatic rings. The predicted octanol–water partition coefficient (Wildman–Crippen LogP) is 3.57. The predicted molar refractivity (Wildman–Crippen MR) is 130 cm³/mol. The van der Waals surface area contributed by atoms with Crippen molar-refractivity contribution in [2.75, 3.05) is 12.0 Å². The average molecular weight is 490 g/mol. The fourth-order valence-electron chi connectivity index (χ4n) is 4.13. The maximum absolute atomic E-state index is 14.3. The first-order valence-corrected chi connectivity index (χ1v) is 11.2. The Morgan fingerprint density at radius 2 is 1.64 bits per heavy atom. The fourth-order valence-corrected chi connectivity index (χ4v) is 4.13. The minimum absolute atomic E-state index is 0.134. The van der Waals surface area contributed by atoms with Gasteiger partial charge in [-0.2, -0.15) is 0 Å². The number of hydrazine groups is 1. The SMILES string of the molecule is COc1ccc(C(=O)N(NC(=O)c2ccccc2F)C2CC(=O)N(c3cc(C)cc(C)c3)C2=O)cc1. The van der Waals surface area contributed by atoms with Crippen LogP contribution in [0.15, 0.2) is 66.7 Å². The number of ether oxygens (including phenoxy) is 1. The highest BCUT2D eigenvalue weighted by atomic mass is 19.1. The van der Waals surface area contributed by atoms with Crippen molar-refractivity contribution in [3.63, 3.8) is 0 Å². The molecule has 1 saturated heterocycles. The fraction of sp³-hybridized carbons (Fsp3) is 0.185. The topological polar surface area (TPSA) is 96.0 Å². The number of carbonyl (C=O) groups is 4. The maximum Gasteiger partial charge on any atom is 0.273 e. The molecular formula is C27H24FN3O5. The summed E-state index contributed by atoms with van der Waals surface area (Å²) in [4.78, 5) is 53.8. The monoisotopic (exact) mass is 489 g/mol. The van der Waals surface area contributed by atoms with Crippen LogP contribution in [0, 0.1) is 19.7 Å². The lowest BCUT2D eigenvalue weighted by Gasteiger charge is -2.28. The summed E-state index contributed by atoms with van der Waals surface area (Å²) < 4.78 is 19.4. The highest BCUT2D eigenvalue weighted by molar-refractivity contribution is 6.23. The summed E-state index contributed by atoms with van der Waals surface area (Å²) in [6, 6.07) is 15.2. The number of hydrogen-bond acceptors (Lipinski definition) is 5. The number of benzene rings is 3. The van der Waals surface area contributed by atoms with Crippen LogP contribution in [0.4, 0.5) is 10.1 Å². The zero-order valence-corrected chi connectivity index (χ0v) is 19.9. The van der Waals surface area contributed by atoms with Gasteiger partial charge in [0.2, 0.25) is 5.91 Å². The van der Waals surface area contributed by atoms with E-state index < -0.39 is 35.5 Å². The van der Waals surface area contributed by atoms with E-state index in [9.17, 15) is 23.6 Å². The molecule has 1 aliphatic heterocycles. The van der Waals surface area contributed by atoms with E-state index in [1.165, 1.54) is 37.4 Å². The smallest absolute Gasteiger partial charge is 0.273 e. The Kier molecular flexibility index (Phi) is 6.82. The van der Waals surface area contributed by atoms with E-state index in [4.69, 9.17) is 4.74 Å². The van der Waals surface area contributed by atoms with Gasteiger partial charge in [-0.15, -0.1) is 0 Å². The minimum Gasteiger partial charge on any atom is -0.497 e. The first kappa shape index (κ1) is 24.6. The maximum atomic E-state index is 14.3. The van der Waals surface area contributed by atoms with E-state index in [-0.39, 0.29) is 17.5 Å². The molecule has 36 heavy (non-hydrogen) atoms. The number of anilines is 1. The molecule has 0 spiro atoms. The van der Waals surface area contributed by atoms with Gasteiger partial charge in [-0.1, -0.05) is 18.2 Å². The molecule has 1 unspecified atom stereocenters. The minimum atomic E-state index is -1.33. The second-order valence-electron chi connectivity index (χ2n) is 8.46. The lowest BCUT2D eigenvalue weighted by molar-refractivity contribution is -0.122. The summed E-state index contributed by atoms with van der Waals surface area (Å²) in [7, 11) is 1.47. The molecule has 4 rings (SSSR count). The standard InChI is InChI=1S/C27H24FN3O5/c1-16-12-17(2)14-19(13-16)30-24(32)15-23(27(30)35)31(26(34)18-8-10-20(36-3)11-9-18)29-25(33)21-6-4-5-7-22(21)28/h4-14,23H,15H2,1-3H3,(H,29,33). The van der Waals surface area contributed by atoms with Crippen molar-refractivity contribution in [2.45, 2.75) is 26.3 Å². The average Bonchev–Trinajstić information content (AvgIpc) is 3.15. The van der Waals surface area contributed by atoms with Crippen molar-refractivity contribution in [1.82, 2.24) is 10.4 Å². The summed E-state index contributed by atoms with van der Waals surface area (Å²) in [5.41, 5.74) is 4.27. The molecule has 0 aliphatic carbocycles. The van der Waals surface area contributed by atoms with Crippen LogP contribution in [-0.4, -0.2) is 41.8 Å². The number of imide groups is 1. The first-order chi connectivity index (χ1) is 17.2. The number of hydrogen-bond donors (Lipinski definition) is 1. The molecule has 9 heteroatoms. The summed E-state index contributed by atoms with van der Waals surface area (Å²) in [6.07, 6.45) is -0.356. The Bertz CT molecular complexity index is 1340. The Hall–Kier alpha value is -4.53. The second kappa shape index (κ2) is 9.99. The van der Waals surface area contributed by atoms with Crippen LogP contribution in [0.1, 0.15) is 38.3 Å². The molecule has 3 aromatic carbocycles. The van der Waals surface area contributed by atoms with E-state index in [0.717, 1.165) is 27.1 Å². The third kappa shape index (κ3) is 4.81. The van der Waals surface area contributed by atoms with Crippen molar-refractivity contribution in [1.29, 1.82) is 0 Å². The number of methoxy groups -OCH3 is 1. The Morgan fingerprint density at radius 3 is 2.25 bits per heavy atom. The summed E-state index contributed by atoms with van der Waals surface area (Å²) in [6.45, 7) is 3.68. The van der Waals surface area contributed by atoms with Crippen molar-refractivity contribution >= 4 is 29.3 Å². The number of aryl methyl sites for hydroxylation is 2. The molecule has 0 aromatic heterocycles. The number of rotatable bonds is 5. The Morgan fingerprint density at radius 1 is 1.00 bits per heavy atom. The third-order valence-electron chi connectivity index (χ3n) is 5.80. The van der Waals surface area contributed by atoms with Gasteiger partial charge in [0.1, 0.15) is 17.6 Å². The molecule has 8 nitrogen and oxygen atoms in total. The van der Waals surface area contributed by atoms with Gasteiger partial charge in [0.05, 0.1) is 24.8 Å². The zero-order chi connectivity index (χ0) is 26.0. The lowest BCUT2D eigenvalue weighted by atomic mass is 10.1. The van der Waals surface area contributed by atoms with E-state index >= 15 is 0 Å². The van der Waals surface area contributed by atoms with E-state index in [0.29, 0.717) is 11.4 Å². The van der Waals surface area contributed by atoms with Crippen LogP contribution >= 0.6 is 0 Å². The highest BCUT2D eigenvalue weighted by Gasteiger charge is 2.45. The van der Waals surface area contributed by atoms with Gasteiger partial charge in [-0.05, 0) is 73.5 Å². The van der Waals surface area contributed by atoms with Crippen molar-refractivity contribution in [2.24, 2.45) is 0 Å². The van der Waals surface area contributed by atoms with E-state index in [1.54, 1.807) is 24.3 Å². The van der Waals surface area contributed by atoms with Crippen molar-refractivity contribution < 1.29 is 28.3 Å². The Labute approximate surface area is 207 Å². The van der Waals surface area contributed by atoms with Crippen LogP contribution < -0.4 is 15.1 Å². The van der Waals surface area contributed by atoms with E-state index in [2.05, 4.69) is 5.43 Å². The van der Waals surface area contributed by atoms with Crippen molar-refractivity contribution in [3.05, 3.63) is 94.8 Å². The molecule has 184 valence electrons. The molecule has 1 fully saturated rings. The van der Waals surface area contributed by atoms with Gasteiger partial charge in [-0.25, -0.2) is 14.3 Å². The molecule has 1 heterocycles. The van der Waals surface area contributed by atoms with Crippen LogP contribution in [0.2, 0.25) is 0 Å². The normalized spacial score (nSPS) is 15.1. The number of halogens is 1. The van der Waals surface area contributed by atoms with Crippen LogP contribution in [0.3, 0.4) is 0 Å². The van der Waals surface area contributed by atoms with Gasteiger partial charge >= 0.3 is 0 Å². The summed E-state index contributed by atoms with van der Waals surface area (Å²) >= 11 is 0. The van der Waals surface area contributed by atoms with Gasteiger partial charge in [-0.3, -0.25) is 24.6 Å². The molecule has 0 saturated carbocycles. The summed E-state index contributed by atoms with van der Waals surface area (Å²) in [5.74, 6) is -3.17. The third-order valence-corrected chi connectivity index (χ3v) is 5.80. The molecule has 3 aromatic rings. The van der Waals surface area contributed by atoms with E-state index in [1.807, 2.05) is 19.9 Å². The number of nitrogens with one attached hydrogen (secondary N) is 1. The molecular weight excluding hydrogens is 465 g/mol. The largest absolute Gasteiger partial charge is 0.497 e. The van der Waals surface area contributed by atoms with Gasteiger partial charge in [0.15, 0.2) is 0 Å². The highest BCUT2D eigenvalue weighted by Crippen LogP contribution is 2.28. The number of nitrogens with zero attached hydrogens (tertiary/aromatic N) is 2. The molecule has 4 amide bonds. The quantitative estimate of drug-likeness (QED) is 0.437. The van der Waals surface area contributed by atoms with Gasteiger partial charge in [0.25, 0.3) is 17.7 Å². The molecule has 1 atom stereocenters. The molecule has 0 radical (unpaired) electrons. The first-order valence-electron chi connectivity index (χ1n) is 11.2. The lowest BCUT2D eigenvalue weighted by Crippen LogP contribution is -2.54. The van der Waals surface area contributed by atoms with Crippen LogP contribution in [-0.2, 0) is 9.59 Å². The zero-order valence-electron chi connectivity index (χ0n) is 19.9. The second-order valence-corrected chi connectivity index (χ2v) is 8.46. The summed E-state index contributed by atoms with van der Waals surface area (Å²) in [5, 5.41) is 0.805. The van der Waals surface area contributed by atoms with Gasteiger partial charge < -0.3 is 4.74 Å². The number of amides is 4. The van der Waals surface area contributed by atoms with Crippen LogP contribution in [0.25, 0.3) is 0 Å². The molecule has 0 bridgehead atoms. The van der Waals surface area contributed by atoms with Crippen LogP contribution in [0.5, 0.6) is 5.75 Å². The van der Waals surface area contributed by atoms with Crippen molar-refractivity contribution in [3.8, 4) is 5.75 Å². The Balaban J connectivity index is 1.71. The van der Waals surface area contributed by atoms with Gasteiger partial charge in [0, 0.05) is 5.56 Å². The number of carbonyl (C=O) groups excluding carboxylic acids is 4.